The summed E-state index contributed by atoms with van der Waals surface area (Å²) in [5.41, 5.74) is 2.45. The van der Waals surface area contributed by atoms with Gasteiger partial charge in [-0.1, -0.05) is 0 Å². The molecule has 2 aromatic heterocycles. The number of aromatic carboxylic acids is 1. The van der Waals surface area contributed by atoms with E-state index in [1.54, 1.807) is 4.90 Å². The summed E-state index contributed by atoms with van der Waals surface area (Å²) >= 11 is 0. The van der Waals surface area contributed by atoms with Gasteiger partial charge in [-0.3, -0.25) is 19.1 Å². The number of amides is 1. The van der Waals surface area contributed by atoms with Crippen LogP contribution in [0.25, 0.3) is 0 Å². The van der Waals surface area contributed by atoms with Crippen LogP contribution in [0.5, 0.6) is 0 Å². The van der Waals surface area contributed by atoms with Crippen LogP contribution in [-0.2, 0) is 20.1 Å². The van der Waals surface area contributed by atoms with Crippen LogP contribution in [0.2, 0.25) is 0 Å². The van der Waals surface area contributed by atoms with Crippen molar-refractivity contribution in [1.29, 1.82) is 0 Å². The Morgan fingerprint density at radius 3 is 2.42 bits per heavy atom. The number of hydrogen-bond acceptors (Lipinski definition) is 5. The number of rotatable bonds is 5. The molecule has 2 aromatic rings. The molecule has 3 heterocycles. The summed E-state index contributed by atoms with van der Waals surface area (Å²) in [5, 5.41) is 17.6. The van der Waals surface area contributed by atoms with Gasteiger partial charge in [-0.15, -0.1) is 0 Å². The van der Waals surface area contributed by atoms with E-state index in [-0.39, 0.29) is 17.2 Å². The Morgan fingerprint density at radius 1 is 1.15 bits per heavy atom. The van der Waals surface area contributed by atoms with E-state index in [0.717, 1.165) is 26.2 Å². The van der Waals surface area contributed by atoms with Gasteiger partial charge < -0.3 is 10.0 Å². The average Bonchev–Trinajstić information content (AvgIpc) is 3.18. The molecule has 1 aliphatic rings. The van der Waals surface area contributed by atoms with Crippen molar-refractivity contribution in [1.82, 2.24) is 29.4 Å². The van der Waals surface area contributed by atoms with Crippen LogP contribution in [0.4, 0.5) is 0 Å². The summed E-state index contributed by atoms with van der Waals surface area (Å²) in [5.74, 6) is -1.42. The molecule has 0 radical (unpaired) electrons. The molecule has 0 bridgehead atoms. The van der Waals surface area contributed by atoms with Gasteiger partial charge in [-0.2, -0.15) is 10.2 Å². The van der Waals surface area contributed by atoms with Crippen LogP contribution < -0.4 is 0 Å². The first-order chi connectivity index (χ1) is 12.4. The molecule has 1 fully saturated rings. The minimum atomic E-state index is -1.14. The first-order valence-corrected chi connectivity index (χ1v) is 8.70. The molecule has 26 heavy (non-hydrogen) atoms. The topological polar surface area (TPSA) is 96.5 Å². The maximum atomic E-state index is 12.7. The fourth-order valence-electron chi connectivity index (χ4n) is 3.33. The average molecular weight is 360 g/mol. The molecule has 0 spiro atoms. The quantitative estimate of drug-likeness (QED) is 0.839. The molecule has 0 aromatic carbocycles. The highest BCUT2D eigenvalue weighted by Crippen LogP contribution is 2.16. The zero-order valence-corrected chi connectivity index (χ0v) is 15.3. The lowest BCUT2D eigenvalue weighted by Crippen LogP contribution is -2.48. The third-order valence-corrected chi connectivity index (χ3v) is 4.93. The van der Waals surface area contributed by atoms with Crippen LogP contribution in [0.3, 0.4) is 0 Å². The minimum Gasteiger partial charge on any atom is -0.477 e. The monoisotopic (exact) mass is 360 g/mol. The normalized spacial score (nSPS) is 15.4. The summed E-state index contributed by atoms with van der Waals surface area (Å²) in [4.78, 5) is 28.0. The highest BCUT2D eigenvalue weighted by Gasteiger charge is 2.28. The number of carboxylic acid groups (broad SMARTS) is 1. The fourth-order valence-corrected chi connectivity index (χ4v) is 3.33. The maximum Gasteiger partial charge on any atom is 0.354 e. The van der Waals surface area contributed by atoms with Crippen LogP contribution in [0.15, 0.2) is 12.4 Å². The Labute approximate surface area is 151 Å². The van der Waals surface area contributed by atoms with Crippen molar-refractivity contribution in [2.75, 3.05) is 26.2 Å². The number of aromatic nitrogens is 4. The molecule has 1 saturated heterocycles. The van der Waals surface area contributed by atoms with Gasteiger partial charge >= 0.3 is 5.97 Å². The number of hydrogen-bond donors (Lipinski definition) is 1. The van der Waals surface area contributed by atoms with Gasteiger partial charge in [0.05, 0.1) is 18.0 Å². The molecule has 0 aliphatic carbocycles. The second-order valence-corrected chi connectivity index (χ2v) is 6.47. The van der Waals surface area contributed by atoms with Gasteiger partial charge in [0, 0.05) is 57.6 Å². The third-order valence-electron chi connectivity index (χ3n) is 4.93. The molecular formula is C17H24N6O3. The molecule has 1 aliphatic heterocycles. The van der Waals surface area contributed by atoms with Gasteiger partial charge in [0.1, 0.15) is 0 Å². The third kappa shape index (κ3) is 3.34. The van der Waals surface area contributed by atoms with Crippen molar-refractivity contribution < 1.29 is 14.7 Å². The van der Waals surface area contributed by atoms with E-state index in [9.17, 15) is 14.7 Å². The maximum absolute atomic E-state index is 12.7. The highest BCUT2D eigenvalue weighted by atomic mass is 16.4. The van der Waals surface area contributed by atoms with E-state index in [0.29, 0.717) is 13.1 Å². The van der Waals surface area contributed by atoms with Crippen molar-refractivity contribution in [2.45, 2.75) is 26.9 Å². The largest absolute Gasteiger partial charge is 0.477 e. The molecular weight excluding hydrogens is 336 g/mol. The lowest BCUT2D eigenvalue weighted by atomic mass is 10.2. The van der Waals surface area contributed by atoms with E-state index in [1.165, 1.54) is 29.2 Å². The molecule has 140 valence electrons. The smallest absolute Gasteiger partial charge is 0.354 e. The van der Waals surface area contributed by atoms with E-state index in [2.05, 4.69) is 28.9 Å². The summed E-state index contributed by atoms with van der Waals surface area (Å²) in [6, 6.07) is 0. The molecule has 1 N–H and O–H groups in total. The van der Waals surface area contributed by atoms with E-state index in [1.807, 2.05) is 10.9 Å². The number of carboxylic acids is 1. The zero-order valence-electron chi connectivity index (χ0n) is 15.3. The molecule has 3 rings (SSSR count). The van der Waals surface area contributed by atoms with Crippen molar-refractivity contribution in [3.05, 3.63) is 34.9 Å². The van der Waals surface area contributed by atoms with Gasteiger partial charge in [-0.25, -0.2) is 4.79 Å². The predicted molar refractivity (Wildman–Crippen MR) is 94.0 cm³/mol. The molecule has 0 saturated carbocycles. The lowest BCUT2D eigenvalue weighted by molar-refractivity contribution is 0.0605. The predicted octanol–water partition coefficient (Wildman–Crippen LogP) is 0.601. The Hall–Kier alpha value is -2.68. The number of carbonyl (C=O) groups is 2. The number of piperazine rings is 1. The SMILES string of the molecule is CCn1ncc(CN2CCN(C(=O)c3cnn(C)c3C(=O)O)CC2)c1C. The summed E-state index contributed by atoms with van der Waals surface area (Å²) in [6.45, 7) is 8.41. The Morgan fingerprint density at radius 2 is 1.85 bits per heavy atom. The summed E-state index contributed by atoms with van der Waals surface area (Å²) in [7, 11) is 1.52. The van der Waals surface area contributed by atoms with Gasteiger partial charge in [0.2, 0.25) is 0 Å². The van der Waals surface area contributed by atoms with Crippen molar-refractivity contribution in [3.63, 3.8) is 0 Å². The molecule has 9 nitrogen and oxygen atoms in total. The highest BCUT2D eigenvalue weighted by molar-refractivity contribution is 6.03. The lowest BCUT2D eigenvalue weighted by Gasteiger charge is -2.34. The zero-order chi connectivity index (χ0) is 18.8. The molecule has 1 amide bonds. The van der Waals surface area contributed by atoms with Crippen molar-refractivity contribution >= 4 is 11.9 Å². The first kappa shape index (κ1) is 18.1. The van der Waals surface area contributed by atoms with Crippen LogP contribution in [-0.4, -0.2) is 72.5 Å². The Kier molecular flexibility index (Phi) is 5.08. The van der Waals surface area contributed by atoms with E-state index < -0.39 is 5.97 Å². The molecule has 0 atom stereocenters. The van der Waals surface area contributed by atoms with E-state index >= 15 is 0 Å². The first-order valence-electron chi connectivity index (χ1n) is 8.70. The fraction of sp³-hybridized carbons (Fsp3) is 0.529. The minimum absolute atomic E-state index is 0.0694. The molecule has 0 unspecified atom stereocenters. The van der Waals surface area contributed by atoms with Gasteiger partial charge in [-0.05, 0) is 13.8 Å². The van der Waals surface area contributed by atoms with Crippen LogP contribution in [0.1, 0.15) is 39.0 Å². The number of aryl methyl sites for hydroxylation is 2. The number of carbonyl (C=O) groups excluding carboxylic acids is 1. The number of nitrogens with zero attached hydrogens (tertiary/aromatic N) is 6. The van der Waals surface area contributed by atoms with Crippen LogP contribution >= 0.6 is 0 Å². The second-order valence-electron chi connectivity index (χ2n) is 6.47. The second kappa shape index (κ2) is 7.28. The van der Waals surface area contributed by atoms with Crippen molar-refractivity contribution in [3.8, 4) is 0 Å². The molecule has 9 heteroatoms. The van der Waals surface area contributed by atoms with Gasteiger partial charge in [0.15, 0.2) is 5.69 Å². The Bertz CT molecular complexity index is 817. The van der Waals surface area contributed by atoms with Crippen molar-refractivity contribution in [2.24, 2.45) is 7.05 Å². The Balaban J connectivity index is 1.62. The van der Waals surface area contributed by atoms with Gasteiger partial charge in [0.25, 0.3) is 5.91 Å². The van der Waals surface area contributed by atoms with Crippen LogP contribution in [0, 0.1) is 6.92 Å². The summed E-state index contributed by atoms with van der Waals surface area (Å²) < 4.78 is 3.20. The standard InChI is InChI=1S/C17H24N6O3/c1-4-23-12(2)13(9-19-23)11-21-5-7-22(8-6-21)16(24)14-10-18-20(3)15(14)17(25)26/h9-10H,4-8,11H2,1-3H3,(H,25,26). The van der Waals surface area contributed by atoms with E-state index in [4.69, 9.17) is 0 Å². The summed E-state index contributed by atoms with van der Waals surface area (Å²) in [6.07, 6.45) is 3.24.